The van der Waals surface area contributed by atoms with Gasteiger partial charge in [-0.05, 0) is 12.1 Å². The maximum absolute atomic E-state index is 11.4. The zero-order valence-corrected chi connectivity index (χ0v) is 8.98. The molecule has 0 fully saturated rings. The van der Waals surface area contributed by atoms with Gasteiger partial charge < -0.3 is 0 Å². The molecule has 0 heterocycles. The second-order valence-corrected chi connectivity index (χ2v) is 3.57. The van der Waals surface area contributed by atoms with E-state index in [1.54, 1.807) is 18.2 Å². The Morgan fingerprint density at radius 3 is 2.79 bits per heavy atom. The first-order valence-corrected chi connectivity index (χ1v) is 4.99. The molecule has 0 amide bonds. The summed E-state index contributed by atoms with van der Waals surface area (Å²) in [7, 11) is 0. The van der Waals surface area contributed by atoms with E-state index in [1.165, 1.54) is 0 Å². The number of Topliss-reactive ketones (excluding diaryl/α,β-unsaturated/α-hetero) is 1. The van der Waals surface area contributed by atoms with Crippen molar-refractivity contribution in [2.45, 2.75) is 11.3 Å². The minimum Gasteiger partial charge on any atom is -0.294 e. The van der Waals surface area contributed by atoms with E-state index < -0.39 is 0 Å². The van der Waals surface area contributed by atoms with Gasteiger partial charge in [0.1, 0.15) is 6.07 Å². The Hall–Kier alpha value is -0.980. The fourth-order valence-corrected chi connectivity index (χ4v) is 1.47. The van der Waals surface area contributed by atoms with Crippen molar-refractivity contribution in [3.8, 4) is 6.07 Å². The highest BCUT2D eigenvalue weighted by atomic mass is 35.5. The van der Waals surface area contributed by atoms with Crippen molar-refractivity contribution in [1.29, 1.82) is 5.26 Å². The molecule has 0 saturated heterocycles. The third-order valence-electron chi connectivity index (χ3n) is 1.76. The summed E-state index contributed by atoms with van der Waals surface area (Å²) in [6.45, 7) is 0. The summed E-state index contributed by atoms with van der Waals surface area (Å²) >= 11 is 9.56. The summed E-state index contributed by atoms with van der Waals surface area (Å²) in [4.78, 5) is 11.9. The molecule has 2 nitrogen and oxygen atoms in total. The van der Waals surface area contributed by atoms with Gasteiger partial charge in [0.2, 0.25) is 0 Å². The average Bonchev–Trinajstić information content (AvgIpc) is 2.18. The number of nitrogens with zero attached hydrogens (tertiary/aromatic N) is 1. The average molecular weight is 226 g/mol. The second-order valence-electron chi connectivity index (χ2n) is 2.71. The topological polar surface area (TPSA) is 40.9 Å². The number of alkyl halides is 1. The van der Waals surface area contributed by atoms with Crippen LogP contribution in [0.4, 0.5) is 0 Å². The number of carbonyl (C=O) groups excluding carboxylic acids is 1. The highest BCUT2D eigenvalue weighted by Crippen LogP contribution is 2.16. The molecule has 0 radical (unpaired) electrons. The number of hydrogen-bond acceptors (Lipinski definition) is 3. The van der Waals surface area contributed by atoms with Crippen LogP contribution in [0.5, 0.6) is 0 Å². The first-order chi connectivity index (χ1) is 6.69. The molecule has 0 atom stereocenters. The van der Waals surface area contributed by atoms with Gasteiger partial charge in [-0.25, -0.2) is 0 Å². The lowest BCUT2D eigenvalue weighted by atomic mass is 10.1. The number of thiol groups is 1. The van der Waals surface area contributed by atoms with Gasteiger partial charge in [0.15, 0.2) is 5.78 Å². The van der Waals surface area contributed by atoms with Crippen molar-refractivity contribution in [2.24, 2.45) is 0 Å². The number of benzene rings is 1. The normalized spacial score (nSPS) is 9.50. The van der Waals surface area contributed by atoms with E-state index >= 15 is 0 Å². The monoisotopic (exact) mass is 225 g/mol. The molecular weight excluding hydrogens is 218 g/mol. The lowest BCUT2D eigenvalue weighted by Gasteiger charge is -2.00. The molecule has 1 aromatic rings. The summed E-state index contributed by atoms with van der Waals surface area (Å²) < 4.78 is 0. The molecule has 4 heteroatoms. The number of halogens is 1. The van der Waals surface area contributed by atoms with Crippen LogP contribution in [-0.2, 0) is 0 Å². The number of nitriles is 1. The van der Waals surface area contributed by atoms with Crippen LogP contribution in [0.2, 0.25) is 0 Å². The fraction of sp³-hybridized carbons (Fsp3) is 0.200. The van der Waals surface area contributed by atoms with E-state index in [2.05, 4.69) is 12.6 Å². The molecule has 0 aliphatic rings. The van der Waals surface area contributed by atoms with Crippen LogP contribution in [0.25, 0.3) is 0 Å². The molecule has 0 N–H and O–H groups in total. The van der Waals surface area contributed by atoms with Gasteiger partial charge in [-0.15, -0.1) is 24.2 Å². The summed E-state index contributed by atoms with van der Waals surface area (Å²) in [5, 5.41) is 8.65. The zero-order valence-electron chi connectivity index (χ0n) is 7.33. The molecule has 1 aromatic carbocycles. The van der Waals surface area contributed by atoms with Gasteiger partial charge in [0.25, 0.3) is 0 Å². The lowest BCUT2D eigenvalue weighted by Crippen LogP contribution is -1.99. The molecule has 0 aliphatic carbocycles. The van der Waals surface area contributed by atoms with E-state index in [-0.39, 0.29) is 5.78 Å². The van der Waals surface area contributed by atoms with E-state index in [4.69, 9.17) is 16.9 Å². The maximum atomic E-state index is 11.4. The van der Waals surface area contributed by atoms with Gasteiger partial charge >= 0.3 is 0 Å². The van der Waals surface area contributed by atoms with Gasteiger partial charge in [0, 0.05) is 22.8 Å². The first-order valence-electron chi connectivity index (χ1n) is 4.01. The quantitative estimate of drug-likeness (QED) is 0.488. The standard InChI is InChI=1S/C10H8ClNOS/c11-4-3-9(13)7-1-2-8(6-12)10(14)5-7/h1-2,5,14H,3-4H2. The zero-order chi connectivity index (χ0) is 10.6. The molecule has 1 rings (SSSR count). The summed E-state index contributed by atoms with van der Waals surface area (Å²) in [5.41, 5.74) is 1.02. The van der Waals surface area contributed by atoms with Gasteiger partial charge in [-0.1, -0.05) is 6.07 Å². The number of carbonyl (C=O) groups is 1. The molecule has 72 valence electrons. The predicted molar refractivity (Wildman–Crippen MR) is 58.1 cm³/mol. The number of rotatable bonds is 3. The molecule has 0 spiro atoms. The van der Waals surface area contributed by atoms with Crippen molar-refractivity contribution in [2.75, 3.05) is 5.88 Å². The number of ketones is 1. The van der Waals surface area contributed by atoms with Crippen molar-refractivity contribution in [3.05, 3.63) is 29.3 Å². The third-order valence-corrected chi connectivity index (χ3v) is 2.32. The minimum absolute atomic E-state index is 0.0280. The Labute approximate surface area is 92.9 Å². The van der Waals surface area contributed by atoms with Gasteiger partial charge in [0.05, 0.1) is 5.56 Å². The van der Waals surface area contributed by atoms with Crippen LogP contribution in [0, 0.1) is 11.3 Å². The third kappa shape index (κ3) is 2.50. The Balaban J connectivity index is 2.98. The van der Waals surface area contributed by atoms with Gasteiger partial charge in [-0.2, -0.15) is 5.26 Å². The highest BCUT2D eigenvalue weighted by molar-refractivity contribution is 7.80. The van der Waals surface area contributed by atoms with Crippen molar-refractivity contribution >= 4 is 30.0 Å². The Morgan fingerprint density at radius 2 is 2.29 bits per heavy atom. The maximum Gasteiger partial charge on any atom is 0.164 e. The molecule has 14 heavy (non-hydrogen) atoms. The molecule has 0 aromatic heterocycles. The predicted octanol–water partition coefficient (Wildman–Crippen LogP) is 2.66. The summed E-state index contributed by atoms with van der Waals surface area (Å²) in [6.07, 6.45) is 0.306. The SMILES string of the molecule is N#Cc1ccc(C(=O)CCCl)cc1S. The lowest BCUT2D eigenvalue weighted by molar-refractivity contribution is 0.0989. The van der Waals surface area contributed by atoms with Crippen molar-refractivity contribution in [3.63, 3.8) is 0 Å². The highest BCUT2D eigenvalue weighted by Gasteiger charge is 2.07. The van der Waals surface area contributed by atoms with Gasteiger partial charge in [-0.3, -0.25) is 4.79 Å². The smallest absolute Gasteiger partial charge is 0.164 e. The van der Waals surface area contributed by atoms with Crippen molar-refractivity contribution < 1.29 is 4.79 Å². The Morgan fingerprint density at radius 1 is 1.57 bits per heavy atom. The molecular formula is C10H8ClNOS. The Bertz CT molecular complexity index is 398. The number of hydrogen-bond donors (Lipinski definition) is 1. The Kier molecular flexibility index (Phi) is 3.99. The molecule has 0 bridgehead atoms. The van der Waals surface area contributed by atoms with Crippen LogP contribution >= 0.6 is 24.2 Å². The minimum atomic E-state index is -0.0280. The van der Waals surface area contributed by atoms with Crippen molar-refractivity contribution in [1.82, 2.24) is 0 Å². The second kappa shape index (κ2) is 5.04. The van der Waals surface area contributed by atoms with E-state index in [0.29, 0.717) is 28.3 Å². The van der Waals surface area contributed by atoms with Crippen LogP contribution in [0.15, 0.2) is 23.1 Å². The van der Waals surface area contributed by atoms with E-state index in [9.17, 15) is 4.79 Å². The van der Waals surface area contributed by atoms with Crippen LogP contribution in [0.3, 0.4) is 0 Å². The molecule has 0 unspecified atom stereocenters. The summed E-state index contributed by atoms with van der Waals surface area (Å²) in [6, 6.07) is 6.78. The largest absolute Gasteiger partial charge is 0.294 e. The van der Waals surface area contributed by atoms with Crippen LogP contribution in [0.1, 0.15) is 22.3 Å². The van der Waals surface area contributed by atoms with Crippen LogP contribution < -0.4 is 0 Å². The molecule has 0 saturated carbocycles. The fourth-order valence-electron chi connectivity index (χ4n) is 1.03. The van der Waals surface area contributed by atoms with Crippen LogP contribution in [-0.4, -0.2) is 11.7 Å². The first kappa shape index (κ1) is 11.1. The molecule has 0 aliphatic heterocycles. The van der Waals surface area contributed by atoms with E-state index in [0.717, 1.165) is 0 Å². The van der Waals surface area contributed by atoms with E-state index in [1.807, 2.05) is 6.07 Å². The summed E-state index contributed by atoms with van der Waals surface area (Å²) in [5.74, 6) is 0.278.